The van der Waals surface area contributed by atoms with Crippen LogP contribution in [0.2, 0.25) is 0 Å². The van der Waals surface area contributed by atoms with Crippen molar-refractivity contribution >= 4 is 23.9 Å². The summed E-state index contributed by atoms with van der Waals surface area (Å²) in [5, 5.41) is 42.6. The number of nitrogens with zero attached hydrogens (tertiary/aromatic N) is 7. The maximum Gasteiger partial charge on any atom is 0.509 e. The summed E-state index contributed by atoms with van der Waals surface area (Å²) in [4.78, 5) is 33.1. The van der Waals surface area contributed by atoms with E-state index < -0.39 is 24.1 Å². The second-order valence-corrected chi connectivity index (χ2v) is 5.97. The van der Waals surface area contributed by atoms with Gasteiger partial charge in [0.15, 0.2) is 11.3 Å². The molecule has 0 aliphatic heterocycles. The fraction of sp³-hybridized carbons (Fsp3) is 0.294. The molecule has 0 saturated heterocycles. The van der Waals surface area contributed by atoms with E-state index in [9.17, 15) is 19.5 Å². The smallest absolute Gasteiger partial charge is 0.509 e. The summed E-state index contributed by atoms with van der Waals surface area (Å²) in [5.41, 5.74) is 0.419. The third-order valence-corrected chi connectivity index (χ3v) is 3.77. The van der Waals surface area contributed by atoms with Crippen LogP contribution >= 0.6 is 0 Å². The molecule has 0 amide bonds. The van der Waals surface area contributed by atoms with Gasteiger partial charge in [0, 0.05) is 12.7 Å². The van der Waals surface area contributed by atoms with Crippen LogP contribution in [0.3, 0.4) is 0 Å². The lowest BCUT2D eigenvalue weighted by molar-refractivity contribution is -0.707. The van der Waals surface area contributed by atoms with E-state index in [0.717, 1.165) is 10.9 Å². The van der Waals surface area contributed by atoms with Crippen molar-refractivity contribution < 1.29 is 46.7 Å². The third kappa shape index (κ3) is 7.81. The zero-order valence-corrected chi connectivity index (χ0v) is 17.1. The first-order valence-electron chi connectivity index (χ1n) is 8.66. The Balaban J connectivity index is 0.00000480. The number of carboxylic acids is 2. The minimum Gasteiger partial charge on any atom is -1.00 e. The summed E-state index contributed by atoms with van der Waals surface area (Å²) < 4.78 is 3.63. The Bertz CT molecular complexity index is 1060. The molecule has 0 saturated carbocycles. The van der Waals surface area contributed by atoms with Crippen LogP contribution in [-0.2, 0) is 16.1 Å². The zero-order valence-electron chi connectivity index (χ0n) is 16.3. The van der Waals surface area contributed by atoms with Crippen molar-refractivity contribution in [2.24, 2.45) is 20.4 Å². The SMILES string of the molecule is CC(N=NCC(C(=O)O)[n+]1ccn(C(=O)O)c1)=NN=c1ccccn1CCC(=O)O.[Cl-]. The van der Waals surface area contributed by atoms with Crippen LogP contribution in [0.1, 0.15) is 19.4 Å². The van der Waals surface area contributed by atoms with Crippen LogP contribution < -0.4 is 22.5 Å². The van der Waals surface area contributed by atoms with Gasteiger partial charge >= 0.3 is 18.0 Å². The lowest BCUT2D eigenvalue weighted by Gasteiger charge is -2.04. The van der Waals surface area contributed by atoms with Crippen molar-refractivity contribution in [1.29, 1.82) is 0 Å². The highest BCUT2D eigenvalue weighted by Gasteiger charge is 2.26. The lowest BCUT2D eigenvalue weighted by Crippen LogP contribution is -3.00. The molecular formula is C17H20ClN7O6. The molecule has 1 unspecified atom stereocenters. The number of pyridine rings is 1. The van der Waals surface area contributed by atoms with Gasteiger partial charge in [0.1, 0.15) is 18.9 Å². The number of aryl methyl sites for hydroxylation is 1. The Hall–Kier alpha value is -3.87. The number of hydrogen-bond acceptors (Lipinski definition) is 6. The molecule has 3 N–H and O–H groups in total. The molecule has 13 nitrogen and oxygen atoms in total. The first kappa shape index (κ1) is 25.2. The van der Waals surface area contributed by atoms with Crippen molar-refractivity contribution in [1.82, 2.24) is 9.13 Å². The number of azo groups is 1. The topological polar surface area (TPSA) is 175 Å². The quantitative estimate of drug-likeness (QED) is 0.132. The van der Waals surface area contributed by atoms with E-state index >= 15 is 0 Å². The van der Waals surface area contributed by atoms with Crippen LogP contribution in [0.5, 0.6) is 0 Å². The zero-order chi connectivity index (χ0) is 22.1. The Morgan fingerprint density at radius 3 is 2.52 bits per heavy atom. The highest BCUT2D eigenvalue weighted by molar-refractivity contribution is 5.79. The minimum atomic E-state index is -1.24. The van der Waals surface area contributed by atoms with Gasteiger partial charge in [-0.25, -0.2) is 9.36 Å². The van der Waals surface area contributed by atoms with Crippen LogP contribution in [0.15, 0.2) is 63.5 Å². The molecule has 0 radical (unpaired) electrons. The van der Waals surface area contributed by atoms with Gasteiger partial charge in [-0.15, -0.1) is 19.9 Å². The second kappa shape index (κ2) is 12.0. The number of imidazole rings is 1. The lowest BCUT2D eigenvalue weighted by atomic mass is 10.3. The van der Waals surface area contributed by atoms with Gasteiger partial charge in [-0.05, 0) is 19.1 Å². The normalized spacial score (nSPS) is 13.1. The van der Waals surface area contributed by atoms with Crippen molar-refractivity contribution in [2.75, 3.05) is 6.54 Å². The molecule has 166 valence electrons. The molecular weight excluding hydrogens is 434 g/mol. The average molecular weight is 454 g/mol. The van der Waals surface area contributed by atoms with E-state index in [1.807, 2.05) is 0 Å². The largest absolute Gasteiger partial charge is 1.00 e. The highest BCUT2D eigenvalue weighted by Crippen LogP contribution is 2.00. The Labute approximate surface area is 181 Å². The Kier molecular flexibility index (Phi) is 9.72. The maximum absolute atomic E-state index is 11.4. The van der Waals surface area contributed by atoms with Gasteiger partial charge in [0.05, 0.1) is 6.42 Å². The van der Waals surface area contributed by atoms with Crippen molar-refractivity contribution in [3.8, 4) is 0 Å². The molecule has 2 aromatic rings. The van der Waals surface area contributed by atoms with Crippen LogP contribution in [0.4, 0.5) is 4.79 Å². The van der Waals surface area contributed by atoms with Gasteiger partial charge in [0.25, 0.3) is 6.33 Å². The summed E-state index contributed by atoms with van der Waals surface area (Å²) >= 11 is 0. The van der Waals surface area contributed by atoms with E-state index in [2.05, 4.69) is 20.4 Å². The molecule has 0 fully saturated rings. The summed E-state index contributed by atoms with van der Waals surface area (Å²) in [6.07, 6.45) is 4.00. The number of hydrogen-bond donors (Lipinski definition) is 3. The summed E-state index contributed by atoms with van der Waals surface area (Å²) in [5.74, 6) is -1.98. The van der Waals surface area contributed by atoms with Crippen LogP contribution in [0.25, 0.3) is 0 Å². The third-order valence-electron chi connectivity index (χ3n) is 3.77. The fourth-order valence-electron chi connectivity index (χ4n) is 2.29. The average Bonchev–Trinajstić information content (AvgIpc) is 3.18. The molecule has 2 rings (SSSR count). The summed E-state index contributed by atoms with van der Waals surface area (Å²) in [7, 11) is 0. The van der Waals surface area contributed by atoms with Gasteiger partial charge in [-0.2, -0.15) is 9.91 Å². The van der Waals surface area contributed by atoms with Gasteiger partial charge in [0.2, 0.25) is 6.04 Å². The van der Waals surface area contributed by atoms with E-state index in [-0.39, 0.29) is 37.8 Å². The van der Waals surface area contributed by atoms with Crippen molar-refractivity contribution in [3.63, 3.8) is 0 Å². The second-order valence-electron chi connectivity index (χ2n) is 5.97. The minimum absolute atomic E-state index is 0. The number of aliphatic carboxylic acids is 2. The monoisotopic (exact) mass is 453 g/mol. The maximum atomic E-state index is 11.4. The number of rotatable bonds is 8. The van der Waals surface area contributed by atoms with Gasteiger partial charge in [-0.1, -0.05) is 6.07 Å². The van der Waals surface area contributed by atoms with E-state index in [4.69, 9.17) is 10.2 Å². The molecule has 0 aliphatic carbocycles. The van der Waals surface area contributed by atoms with Gasteiger partial charge < -0.3 is 32.3 Å². The molecule has 0 bridgehead atoms. The molecule has 0 aliphatic rings. The number of halogens is 1. The first-order valence-corrected chi connectivity index (χ1v) is 8.66. The van der Waals surface area contributed by atoms with Crippen LogP contribution in [0, 0.1) is 0 Å². The molecule has 0 aromatic carbocycles. The van der Waals surface area contributed by atoms with E-state index in [1.54, 1.807) is 29.0 Å². The van der Waals surface area contributed by atoms with Crippen LogP contribution in [-0.4, -0.2) is 54.9 Å². The molecule has 2 heterocycles. The Morgan fingerprint density at radius 1 is 1.16 bits per heavy atom. The first-order chi connectivity index (χ1) is 14.3. The van der Waals surface area contributed by atoms with Crippen molar-refractivity contribution in [2.45, 2.75) is 25.9 Å². The molecule has 0 spiro atoms. The molecule has 2 aromatic heterocycles. The van der Waals surface area contributed by atoms with Crippen molar-refractivity contribution in [3.05, 3.63) is 48.6 Å². The number of aromatic nitrogens is 3. The number of amidine groups is 1. The Morgan fingerprint density at radius 2 is 1.90 bits per heavy atom. The van der Waals surface area contributed by atoms with Gasteiger partial charge in [-0.3, -0.25) is 4.79 Å². The van der Waals surface area contributed by atoms with E-state index in [0.29, 0.717) is 5.49 Å². The number of carbonyl (C=O) groups is 3. The summed E-state index contributed by atoms with van der Waals surface area (Å²) in [6.45, 7) is 1.49. The standard InChI is InChI=1S/C17H19N7O6.ClH/c1-12(20-21-14-4-2-3-6-22(14)7-5-15(25)26)19-18-10-13(16(27)28)23-8-9-24(11-23)17(29)30;/h2-4,6,8-9,11,13H,5,7,10H2,1H3,(H2-,25,26,27,28,29,30);1H. The van der Waals surface area contributed by atoms with E-state index in [1.165, 1.54) is 23.9 Å². The number of carboxylic acid groups (broad SMARTS) is 3. The molecule has 31 heavy (non-hydrogen) atoms. The summed E-state index contributed by atoms with van der Waals surface area (Å²) in [6, 6.07) is 3.96. The highest BCUT2D eigenvalue weighted by atomic mass is 35.5. The molecule has 14 heteroatoms. The predicted molar refractivity (Wildman–Crippen MR) is 99.8 cm³/mol. The fourth-order valence-corrected chi connectivity index (χ4v) is 2.29. The molecule has 1 atom stereocenters. The predicted octanol–water partition coefficient (Wildman–Crippen LogP) is -2.41.